The van der Waals surface area contributed by atoms with Crippen molar-refractivity contribution in [1.82, 2.24) is 0 Å². The highest BCUT2D eigenvalue weighted by atomic mass is 19.4. The Bertz CT molecular complexity index is 662. The summed E-state index contributed by atoms with van der Waals surface area (Å²) in [5.41, 5.74) is 5.59. The van der Waals surface area contributed by atoms with Gasteiger partial charge in [-0.05, 0) is 41.0 Å². The van der Waals surface area contributed by atoms with Crippen LogP contribution in [0.2, 0.25) is 0 Å². The van der Waals surface area contributed by atoms with E-state index in [2.05, 4.69) is 0 Å². The van der Waals surface area contributed by atoms with Gasteiger partial charge in [-0.1, -0.05) is 18.2 Å². The highest BCUT2D eigenvalue weighted by Gasteiger charge is 2.30. The number of alkyl halides is 3. The zero-order valence-corrected chi connectivity index (χ0v) is 10.7. The van der Waals surface area contributed by atoms with Crippen molar-refractivity contribution in [3.63, 3.8) is 0 Å². The van der Waals surface area contributed by atoms with E-state index in [1.54, 1.807) is 0 Å². The first-order valence-corrected chi connectivity index (χ1v) is 6.02. The predicted molar refractivity (Wildman–Crippen MR) is 69.7 cm³/mol. The second-order valence-electron chi connectivity index (χ2n) is 4.52. The third-order valence-electron chi connectivity index (χ3n) is 2.96. The smallest absolute Gasteiger partial charge is 0.369 e. The Morgan fingerprint density at radius 3 is 2.19 bits per heavy atom. The number of carbonyl (C=O) groups excluding carboxylic acids is 1. The van der Waals surface area contributed by atoms with Gasteiger partial charge in [0.15, 0.2) is 0 Å². The molecule has 2 nitrogen and oxygen atoms in total. The van der Waals surface area contributed by atoms with E-state index in [4.69, 9.17) is 5.73 Å². The molecule has 0 aromatic heterocycles. The molecule has 6 heteroatoms. The van der Waals surface area contributed by atoms with Crippen molar-refractivity contribution >= 4 is 5.91 Å². The summed E-state index contributed by atoms with van der Waals surface area (Å²) in [6.45, 7) is 0. The molecule has 0 aliphatic rings. The third kappa shape index (κ3) is 3.59. The number of benzene rings is 2. The van der Waals surface area contributed by atoms with E-state index in [0.29, 0.717) is 16.7 Å². The van der Waals surface area contributed by atoms with Crippen molar-refractivity contribution in [3.05, 3.63) is 59.4 Å². The molecule has 0 spiro atoms. The fourth-order valence-electron chi connectivity index (χ4n) is 2.02. The lowest BCUT2D eigenvalue weighted by atomic mass is 9.96. The summed E-state index contributed by atoms with van der Waals surface area (Å²) in [4.78, 5) is 11.0. The highest BCUT2D eigenvalue weighted by molar-refractivity contribution is 5.80. The topological polar surface area (TPSA) is 43.1 Å². The minimum Gasteiger partial charge on any atom is -0.369 e. The Hall–Kier alpha value is -2.37. The van der Waals surface area contributed by atoms with E-state index in [-0.39, 0.29) is 6.42 Å². The van der Waals surface area contributed by atoms with Crippen LogP contribution in [-0.4, -0.2) is 5.91 Å². The lowest BCUT2D eigenvalue weighted by Crippen LogP contribution is -2.14. The van der Waals surface area contributed by atoms with E-state index < -0.39 is 23.5 Å². The summed E-state index contributed by atoms with van der Waals surface area (Å²) in [7, 11) is 0. The molecule has 0 aliphatic carbocycles. The van der Waals surface area contributed by atoms with Crippen LogP contribution in [0.1, 0.15) is 11.1 Å². The van der Waals surface area contributed by atoms with Gasteiger partial charge in [-0.15, -0.1) is 0 Å². The van der Waals surface area contributed by atoms with Crippen molar-refractivity contribution in [3.8, 4) is 11.1 Å². The van der Waals surface area contributed by atoms with Crippen LogP contribution in [0, 0.1) is 5.82 Å². The number of nitrogens with two attached hydrogens (primary N) is 1. The Labute approximate surface area is 118 Å². The summed E-state index contributed by atoms with van der Waals surface area (Å²) in [5.74, 6) is -1.18. The maximum absolute atomic E-state index is 13.2. The molecular weight excluding hydrogens is 286 g/mol. The standard InChI is InChI=1S/C15H11F4NO/c16-12-5-6-13(10(7-12)8-14(20)21)9-1-3-11(4-2-9)15(17,18)19/h1-7H,8H2,(H2,20,21). The highest BCUT2D eigenvalue weighted by Crippen LogP contribution is 2.32. The van der Waals surface area contributed by atoms with Crippen LogP contribution in [0.4, 0.5) is 17.6 Å². The molecule has 2 rings (SSSR count). The Balaban J connectivity index is 2.44. The summed E-state index contributed by atoms with van der Waals surface area (Å²) in [6, 6.07) is 8.17. The third-order valence-corrected chi connectivity index (χ3v) is 2.96. The number of halogens is 4. The molecule has 1 amide bonds. The van der Waals surface area contributed by atoms with Gasteiger partial charge in [0.25, 0.3) is 0 Å². The van der Waals surface area contributed by atoms with Gasteiger partial charge in [-0.25, -0.2) is 4.39 Å². The predicted octanol–water partition coefficient (Wildman–Crippen LogP) is 3.54. The van der Waals surface area contributed by atoms with Crippen molar-refractivity contribution in [2.24, 2.45) is 5.73 Å². The van der Waals surface area contributed by atoms with E-state index >= 15 is 0 Å². The Morgan fingerprint density at radius 2 is 1.67 bits per heavy atom. The number of amides is 1. The van der Waals surface area contributed by atoms with Gasteiger partial charge in [-0.2, -0.15) is 13.2 Å². The number of hydrogen-bond acceptors (Lipinski definition) is 1. The summed E-state index contributed by atoms with van der Waals surface area (Å²) in [6.07, 6.45) is -4.61. The lowest BCUT2D eigenvalue weighted by Gasteiger charge is -2.11. The first-order chi connectivity index (χ1) is 9.77. The maximum Gasteiger partial charge on any atom is 0.416 e. The molecule has 0 atom stereocenters. The van der Waals surface area contributed by atoms with Crippen molar-refractivity contribution < 1.29 is 22.4 Å². The van der Waals surface area contributed by atoms with Crippen molar-refractivity contribution in [2.45, 2.75) is 12.6 Å². The summed E-state index contributed by atoms with van der Waals surface area (Å²) >= 11 is 0. The minimum absolute atomic E-state index is 0.186. The summed E-state index contributed by atoms with van der Waals surface area (Å²) < 4.78 is 50.8. The number of hydrogen-bond donors (Lipinski definition) is 1. The Kier molecular flexibility index (Phi) is 3.97. The van der Waals surface area contributed by atoms with Gasteiger partial charge in [-0.3, -0.25) is 4.79 Å². The van der Waals surface area contributed by atoms with Gasteiger partial charge in [0.1, 0.15) is 5.82 Å². The molecule has 110 valence electrons. The van der Waals surface area contributed by atoms with Crippen LogP contribution in [0.25, 0.3) is 11.1 Å². The molecule has 21 heavy (non-hydrogen) atoms. The average Bonchev–Trinajstić information content (AvgIpc) is 2.37. The van der Waals surface area contributed by atoms with Crippen LogP contribution in [0.3, 0.4) is 0 Å². The van der Waals surface area contributed by atoms with E-state index in [0.717, 1.165) is 18.2 Å². The molecule has 0 heterocycles. The van der Waals surface area contributed by atoms with Gasteiger partial charge >= 0.3 is 6.18 Å². The zero-order valence-electron chi connectivity index (χ0n) is 10.7. The maximum atomic E-state index is 13.2. The van der Waals surface area contributed by atoms with E-state index in [1.807, 2.05) is 0 Å². The molecule has 0 aliphatic heterocycles. The SMILES string of the molecule is NC(=O)Cc1cc(F)ccc1-c1ccc(C(F)(F)F)cc1. The van der Waals surface area contributed by atoms with Crippen LogP contribution < -0.4 is 5.73 Å². The second-order valence-corrected chi connectivity index (χ2v) is 4.52. The van der Waals surface area contributed by atoms with Gasteiger partial charge in [0, 0.05) is 0 Å². The van der Waals surface area contributed by atoms with Gasteiger partial charge in [0.05, 0.1) is 12.0 Å². The fourth-order valence-corrected chi connectivity index (χ4v) is 2.02. The fraction of sp³-hybridized carbons (Fsp3) is 0.133. The van der Waals surface area contributed by atoms with E-state index in [1.165, 1.54) is 24.3 Å². The molecule has 0 saturated carbocycles. The van der Waals surface area contributed by atoms with E-state index in [9.17, 15) is 22.4 Å². The number of rotatable bonds is 3. The monoisotopic (exact) mass is 297 g/mol. The van der Waals surface area contributed by atoms with Crippen molar-refractivity contribution in [2.75, 3.05) is 0 Å². The molecular formula is C15H11F4NO. The molecule has 2 aromatic carbocycles. The van der Waals surface area contributed by atoms with Gasteiger partial charge < -0.3 is 5.73 Å². The quantitative estimate of drug-likeness (QED) is 0.865. The van der Waals surface area contributed by atoms with Gasteiger partial charge in [0.2, 0.25) is 5.91 Å². The van der Waals surface area contributed by atoms with Crippen LogP contribution in [0.5, 0.6) is 0 Å². The van der Waals surface area contributed by atoms with Crippen molar-refractivity contribution in [1.29, 1.82) is 0 Å². The molecule has 0 bridgehead atoms. The lowest BCUT2D eigenvalue weighted by molar-refractivity contribution is -0.137. The largest absolute Gasteiger partial charge is 0.416 e. The normalized spacial score (nSPS) is 11.4. The average molecular weight is 297 g/mol. The molecule has 0 fully saturated rings. The molecule has 0 unspecified atom stereocenters. The molecule has 0 saturated heterocycles. The molecule has 2 N–H and O–H groups in total. The number of carbonyl (C=O) groups is 1. The van der Waals surface area contributed by atoms with Crippen LogP contribution >= 0.6 is 0 Å². The molecule has 0 radical (unpaired) electrons. The van der Waals surface area contributed by atoms with Crippen LogP contribution in [0.15, 0.2) is 42.5 Å². The minimum atomic E-state index is -4.42. The number of primary amides is 1. The summed E-state index contributed by atoms with van der Waals surface area (Å²) in [5, 5.41) is 0. The van der Waals surface area contributed by atoms with Crippen LogP contribution in [-0.2, 0) is 17.4 Å². The Morgan fingerprint density at radius 1 is 1.05 bits per heavy atom. The first kappa shape index (κ1) is 15.0. The zero-order chi connectivity index (χ0) is 15.6. The first-order valence-electron chi connectivity index (χ1n) is 6.02. The molecule has 2 aromatic rings. The second kappa shape index (κ2) is 5.55.